The lowest BCUT2D eigenvalue weighted by Crippen LogP contribution is -2.40. The van der Waals surface area contributed by atoms with Gasteiger partial charge >= 0.3 is 6.18 Å². The smallest absolute Gasteiger partial charge is 0.416 e. The fourth-order valence-electron chi connectivity index (χ4n) is 3.79. The third kappa shape index (κ3) is 6.24. The summed E-state index contributed by atoms with van der Waals surface area (Å²) in [7, 11) is 0. The van der Waals surface area contributed by atoms with Gasteiger partial charge in [-0.3, -0.25) is 9.69 Å². The van der Waals surface area contributed by atoms with Crippen LogP contribution in [0.2, 0.25) is 0 Å². The first-order chi connectivity index (χ1) is 15.9. The molecule has 2 heterocycles. The quantitative estimate of drug-likeness (QED) is 0.501. The van der Waals surface area contributed by atoms with Gasteiger partial charge in [-0.25, -0.2) is 0 Å². The Balaban J connectivity index is 1.48. The highest BCUT2D eigenvalue weighted by atomic mass is 19.4. The highest BCUT2D eigenvalue weighted by molar-refractivity contribution is 5.91. The SMILES string of the molecule is O=C(c1ccc(CN(Cc2ccccc2)Cc2ccc(C(F)(F)F)cc2)o1)N1CCOCC1. The van der Waals surface area contributed by atoms with Gasteiger partial charge in [-0.15, -0.1) is 0 Å². The number of halogens is 3. The molecule has 2 aromatic carbocycles. The predicted octanol–water partition coefficient (Wildman–Crippen LogP) is 4.97. The normalized spacial score (nSPS) is 14.6. The highest BCUT2D eigenvalue weighted by Gasteiger charge is 2.30. The fraction of sp³-hybridized carbons (Fsp3) is 0.320. The molecular formula is C25H25F3N2O3. The van der Waals surface area contributed by atoms with Crippen LogP contribution in [0, 0.1) is 0 Å². The summed E-state index contributed by atoms with van der Waals surface area (Å²) in [5, 5.41) is 0. The molecule has 1 amide bonds. The van der Waals surface area contributed by atoms with Crippen molar-refractivity contribution in [3.05, 3.63) is 94.9 Å². The van der Waals surface area contributed by atoms with Crippen molar-refractivity contribution in [1.82, 2.24) is 9.80 Å². The summed E-state index contributed by atoms with van der Waals surface area (Å²) in [6, 6.07) is 18.4. The van der Waals surface area contributed by atoms with Crippen molar-refractivity contribution in [2.24, 2.45) is 0 Å². The largest absolute Gasteiger partial charge is 0.455 e. The Morgan fingerprint density at radius 2 is 1.48 bits per heavy atom. The summed E-state index contributed by atoms with van der Waals surface area (Å²) in [5.41, 5.74) is 1.16. The molecule has 1 saturated heterocycles. The van der Waals surface area contributed by atoms with E-state index in [1.807, 2.05) is 30.3 Å². The van der Waals surface area contributed by atoms with E-state index < -0.39 is 11.7 Å². The lowest BCUT2D eigenvalue weighted by Gasteiger charge is -2.25. The topological polar surface area (TPSA) is 45.9 Å². The van der Waals surface area contributed by atoms with Crippen LogP contribution in [0.1, 0.15) is 33.0 Å². The molecular weight excluding hydrogens is 433 g/mol. The Hall–Kier alpha value is -3.10. The Kier molecular flexibility index (Phi) is 7.15. The molecule has 3 aromatic rings. The number of hydrogen-bond donors (Lipinski definition) is 0. The van der Waals surface area contributed by atoms with E-state index in [2.05, 4.69) is 4.90 Å². The van der Waals surface area contributed by atoms with E-state index >= 15 is 0 Å². The summed E-state index contributed by atoms with van der Waals surface area (Å²) in [4.78, 5) is 16.4. The zero-order valence-corrected chi connectivity index (χ0v) is 18.1. The molecule has 0 spiro atoms. The monoisotopic (exact) mass is 458 g/mol. The van der Waals surface area contributed by atoms with Gasteiger partial charge in [0.05, 0.1) is 25.3 Å². The van der Waals surface area contributed by atoms with Crippen molar-refractivity contribution in [2.45, 2.75) is 25.8 Å². The molecule has 0 bridgehead atoms. The maximum Gasteiger partial charge on any atom is 0.416 e. The van der Waals surface area contributed by atoms with E-state index in [4.69, 9.17) is 9.15 Å². The summed E-state index contributed by atoms with van der Waals surface area (Å²) >= 11 is 0. The number of carbonyl (C=O) groups excluding carboxylic acids is 1. The lowest BCUT2D eigenvalue weighted by atomic mass is 10.1. The minimum absolute atomic E-state index is 0.165. The summed E-state index contributed by atoms with van der Waals surface area (Å²) < 4.78 is 49.8. The Bertz CT molecular complexity index is 1040. The van der Waals surface area contributed by atoms with Crippen molar-refractivity contribution in [3.8, 4) is 0 Å². The molecule has 0 unspecified atom stereocenters. The molecule has 1 aliphatic heterocycles. The molecule has 1 aromatic heterocycles. The zero-order valence-electron chi connectivity index (χ0n) is 18.1. The first-order valence-electron chi connectivity index (χ1n) is 10.8. The van der Waals surface area contributed by atoms with Crippen LogP contribution in [-0.2, 0) is 30.5 Å². The molecule has 5 nitrogen and oxygen atoms in total. The minimum atomic E-state index is -4.36. The van der Waals surface area contributed by atoms with Gasteiger partial charge in [-0.05, 0) is 35.4 Å². The predicted molar refractivity (Wildman–Crippen MR) is 116 cm³/mol. The van der Waals surface area contributed by atoms with Crippen molar-refractivity contribution >= 4 is 5.91 Å². The molecule has 0 atom stereocenters. The van der Waals surface area contributed by atoms with Crippen LogP contribution in [-0.4, -0.2) is 42.0 Å². The third-order valence-corrected chi connectivity index (χ3v) is 5.49. The molecule has 0 radical (unpaired) electrons. The van der Waals surface area contributed by atoms with Crippen molar-refractivity contribution in [1.29, 1.82) is 0 Å². The van der Waals surface area contributed by atoms with Crippen molar-refractivity contribution < 1.29 is 27.1 Å². The van der Waals surface area contributed by atoms with Gasteiger partial charge in [-0.1, -0.05) is 42.5 Å². The average molecular weight is 458 g/mol. The van der Waals surface area contributed by atoms with Gasteiger partial charge in [0.25, 0.3) is 5.91 Å². The number of hydrogen-bond acceptors (Lipinski definition) is 4. The minimum Gasteiger partial charge on any atom is -0.455 e. The average Bonchev–Trinajstić information content (AvgIpc) is 3.28. The van der Waals surface area contributed by atoms with Gasteiger partial charge in [0.1, 0.15) is 5.76 Å². The first kappa shape index (κ1) is 23.1. The maximum atomic E-state index is 12.9. The van der Waals surface area contributed by atoms with Crippen LogP contribution in [0.3, 0.4) is 0 Å². The fourth-order valence-corrected chi connectivity index (χ4v) is 3.79. The first-order valence-corrected chi connectivity index (χ1v) is 10.8. The van der Waals surface area contributed by atoms with E-state index in [1.165, 1.54) is 12.1 Å². The van der Waals surface area contributed by atoms with Gasteiger partial charge < -0.3 is 14.1 Å². The van der Waals surface area contributed by atoms with Gasteiger partial charge in [-0.2, -0.15) is 13.2 Å². The van der Waals surface area contributed by atoms with Crippen LogP contribution in [0.25, 0.3) is 0 Å². The van der Waals surface area contributed by atoms with E-state index in [0.29, 0.717) is 51.7 Å². The van der Waals surface area contributed by atoms with E-state index in [0.717, 1.165) is 23.3 Å². The van der Waals surface area contributed by atoms with Gasteiger partial charge in [0.15, 0.2) is 5.76 Å². The third-order valence-electron chi connectivity index (χ3n) is 5.49. The molecule has 33 heavy (non-hydrogen) atoms. The number of morpholine rings is 1. The second kappa shape index (κ2) is 10.2. The van der Waals surface area contributed by atoms with Crippen LogP contribution < -0.4 is 0 Å². The number of benzene rings is 2. The Labute approximate surface area is 190 Å². The van der Waals surface area contributed by atoms with Crippen LogP contribution in [0.15, 0.2) is 71.1 Å². The van der Waals surface area contributed by atoms with E-state index in [-0.39, 0.29) is 11.7 Å². The Morgan fingerprint density at radius 1 is 0.848 bits per heavy atom. The van der Waals surface area contributed by atoms with Crippen LogP contribution in [0.5, 0.6) is 0 Å². The summed E-state index contributed by atoms with van der Waals surface area (Å²) in [5.74, 6) is 0.734. The second-order valence-electron chi connectivity index (χ2n) is 8.00. The molecule has 1 fully saturated rings. The van der Waals surface area contributed by atoms with Crippen molar-refractivity contribution in [2.75, 3.05) is 26.3 Å². The van der Waals surface area contributed by atoms with Gasteiger partial charge in [0, 0.05) is 26.2 Å². The maximum absolute atomic E-state index is 12.9. The number of ether oxygens (including phenoxy) is 1. The molecule has 174 valence electrons. The zero-order chi connectivity index (χ0) is 23.3. The second-order valence-corrected chi connectivity index (χ2v) is 8.00. The van der Waals surface area contributed by atoms with Crippen molar-refractivity contribution in [3.63, 3.8) is 0 Å². The van der Waals surface area contributed by atoms with Gasteiger partial charge in [0.2, 0.25) is 0 Å². The molecule has 0 saturated carbocycles. The van der Waals surface area contributed by atoms with Crippen LogP contribution >= 0.6 is 0 Å². The summed E-state index contributed by atoms with van der Waals surface area (Å²) in [6.45, 7) is 3.50. The molecule has 4 rings (SSSR count). The number of alkyl halides is 3. The van der Waals surface area contributed by atoms with Crippen LogP contribution in [0.4, 0.5) is 13.2 Å². The number of furan rings is 1. The molecule has 0 N–H and O–H groups in total. The molecule has 1 aliphatic rings. The Morgan fingerprint density at radius 3 is 2.12 bits per heavy atom. The number of rotatable bonds is 7. The standard InChI is InChI=1S/C25H25F3N2O3/c26-25(27,28)21-8-6-20(7-9-21)17-29(16-19-4-2-1-3-5-19)18-22-10-11-23(33-22)24(31)30-12-14-32-15-13-30/h1-11H,12-18H2. The number of amides is 1. The number of nitrogens with zero attached hydrogens (tertiary/aromatic N) is 2. The lowest BCUT2D eigenvalue weighted by molar-refractivity contribution is -0.137. The van der Waals surface area contributed by atoms with E-state index in [1.54, 1.807) is 17.0 Å². The molecule has 8 heteroatoms. The number of carbonyl (C=O) groups is 1. The molecule has 0 aliphatic carbocycles. The highest BCUT2D eigenvalue weighted by Crippen LogP contribution is 2.29. The van der Waals surface area contributed by atoms with E-state index in [9.17, 15) is 18.0 Å². The summed E-state index contributed by atoms with van der Waals surface area (Å²) in [6.07, 6.45) is -4.36.